The van der Waals surface area contributed by atoms with Crippen LogP contribution in [-0.2, 0) is 0 Å². The maximum Gasteiger partial charge on any atom is 0.265 e. The fraction of sp³-hybridized carbons (Fsp3) is 0.654. The molecule has 3 heterocycles. The molecule has 0 bridgehead atoms. The quantitative estimate of drug-likeness (QED) is 0.637. The first-order chi connectivity index (χ1) is 15.9. The molecule has 0 saturated carbocycles. The number of aromatic nitrogens is 1. The molecule has 2 aromatic rings. The van der Waals surface area contributed by atoms with Crippen molar-refractivity contribution in [3.05, 3.63) is 30.0 Å². The highest BCUT2D eigenvalue weighted by Crippen LogP contribution is 2.35. The first kappa shape index (κ1) is 24.0. The molecule has 0 spiro atoms. The standard InChI is InChI=1S/C26H40N4O3/c1-19(2)18-33-25-7-3-6-23-22(25)17-24(26(27)32)30(23)20-8-12-29(13-9-20)16-15-28-11-4-5-21(31)10-14-28/h3,6-7,17,19-21,31H,4-5,8-16,18H2,1-2H3,(H2,27,32). The predicted octanol–water partition coefficient (Wildman–Crippen LogP) is 3.26. The molecular formula is C26H40N4O3. The summed E-state index contributed by atoms with van der Waals surface area (Å²) in [6, 6.07) is 8.23. The number of aliphatic hydroxyl groups is 1. The van der Waals surface area contributed by atoms with Crippen molar-refractivity contribution < 1.29 is 14.6 Å². The number of primary amides is 1. The summed E-state index contributed by atoms with van der Waals surface area (Å²) in [5.41, 5.74) is 7.41. The van der Waals surface area contributed by atoms with E-state index >= 15 is 0 Å². The zero-order chi connectivity index (χ0) is 23.4. The number of aliphatic hydroxyl groups excluding tert-OH is 1. The van der Waals surface area contributed by atoms with Crippen molar-refractivity contribution in [3.8, 4) is 5.75 Å². The third-order valence-electron chi connectivity index (χ3n) is 7.11. The minimum absolute atomic E-state index is 0.127. The predicted molar refractivity (Wildman–Crippen MR) is 132 cm³/mol. The van der Waals surface area contributed by atoms with E-state index in [0.717, 1.165) is 88.0 Å². The number of ether oxygens (including phenoxy) is 1. The van der Waals surface area contributed by atoms with E-state index in [0.29, 0.717) is 18.2 Å². The summed E-state index contributed by atoms with van der Waals surface area (Å²) in [5, 5.41) is 10.8. The van der Waals surface area contributed by atoms with Gasteiger partial charge in [0, 0.05) is 44.2 Å². The normalized spacial score (nSPS) is 21.5. The number of nitrogens with zero attached hydrogens (tertiary/aromatic N) is 3. The van der Waals surface area contributed by atoms with Gasteiger partial charge in [0.2, 0.25) is 0 Å². The Labute approximate surface area is 197 Å². The van der Waals surface area contributed by atoms with Crippen molar-refractivity contribution in [2.75, 3.05) is 45.9 Å². The van der Waals surface area contributed by atoms with Gasteiger partial charge in [-0.3, -0.25) is 4.79 Å². The van der Waals surface area contributed by atoms with E-state index in [9.17, 15) is 9.90 Å². The summed E-state index contributed by atoms with van der Waals surface area (Å²) in [6.45, 7) is 11.1. The number of benzene rings is 1. The van der Waals surface area contributed by atoms with Crippen molar-refractivity contribution in [2.45, 2.75) is 58.1 Å². The molecule has 33 heavy (non-hydrogen) atoms. The van der Waals surface area contributed by atoms with Gasteiger partial charge in [-0.2, -0.15) is 0 Å². The Morgan fingerprint density at radius 3 is 2.48 bits per heavy atom. The summed E-state index contributed by atoms with van der Waals surface area (Å²) in [4.78, 5) is 17.4. The maximum absolute atomic E-state index is 12.3. The summed E-state index contributed by atoms with van der Waals surface area (Å²) in [6.07, 6.45) is 4.78. The van der Waals surface area contributed by atoms with E-state index in [4.69, 9.17) is 10.5 Å². The molecule has 7 heteroatoms. The Morgan fingerprint density at radius 1 is 1.09 bits per heavy atom. The third kappa shape index (κ3) is 5.89. The zero-order valence-corrected chi connectivity index (χ0v) is 20.2. The number of carbonyl (C=O) groups is 1. The molecule has 2 saturated heterocycles. The van der Waals surface area contributed by atoms with Gasteiger partial charge in [-0.25, -0.2) is 0 Å². The Bertz CT molecular complexity index is 933. The molecule has 1 atom stereocenters. The van der Waals surface area contributed by atoms with Crippen LogP contribution in [0, 0.1) is 5.92 Å². The molecular weight excluding hydrogens is 416 g/mol. The average molecular weight is 457 g/mol. The van der Waals surface area contributed by atoms with Crippen molar-refractivity contribution in [3.63, 3.8) is 0 Å². The average Bonchev–Trinajstić information content (AvgIpc) is 3.08. The van der Waals surface area contributed by atoms with Crippen molar-refractivity contribution in [1.82, 2.24) is 14.4 Å². The van der Waals surface area contributed by atoms with Gasteiger partial charge < -0.3 is 29.9 Å². The number of carbonyl (C=O) groups excluding carboxylic acids is 1. The number of likely N-dealkylation sites (tertiary alicyclic amines) is 2. The van der Waals surface area contributed by atoms with E-state index in [2.05, 4.69) is 34.3 Å². The fourth-order valence-corrected chi connectivity index (χ4v) is 5.24. The van der Waals surface area contributed by atoms with E-state index in [1.165, 1.54) is 0 Å². The molecule has 0 radical (unpaired) electrons. The summed E-state index contributed by atoms with van der Waals surface area (Å²) in [5.74, 6) is 0.871. The number of hydrogen-bond donors (Lipinski definition) is 2. The van der Waals surface area contributed by atoms with Crippen molar-refractivity contribution in [1.29, 1.82) is 0 Å². The lowest BCUT2D eigenvalue weighted by molar-refractivity contribution is 0.0984. The zero-order valence-electron chi connectivity index (χ0n) is 20.2. The van der Waals surface area contributed by atoms with E-state index in [1.54, 1.807) is 0 Å². The van der Waals surface area contributed by atoms with E-state index in [1.807, 2.05) is 18.2 Å². The fourth-order valence-electron chi connectivity index (χ4n) is 5.24. The number of hydrogen-bond acceptors (Lipinski definition) is 5. The summed E-state index contributed by atoms with van der Waals surface area (Å²) < 4.78 is 8.20. The van der Waals surface area contributed by atoms with Gasteiger partial charge in [0.15, 0.2) is 0 Å². The molecule has 2 aliphatic heterocycles. The largest absolute Gasteiger partial charge is 0.493 e. The van der Waals surface area contributed by atoms with Crippen LogP contribution in [0.1, 0.15) is 62.5 Å². The molecule has 1 aromatic carbocycles. The SMILES string of the molecule is CC(C)COc1cccc2c1cc(C(N)=O)n2C1CCN(CCN2CCCC(O)CC2)CC1. The molecule has 3 N–H and O–H groups in total. The Hall–Kier alpha value is -2.09. The maximum atomic E-state index is 12.3. The van der Waals surface area contributed by atoms with Crippen LogP contribution < -0.4 is 10.5 Å². The molecule has 0 aliphatic carbocycles. The van der Waals surface area contributed by atoms with Crippen LogP contribution in [0.25, 0.3) is 10.9 Å². The number of fused-ring (bicyclic) bond motifs is 1. The number of piperidine rings is 1. The second kappa shape index (κ2) is 10.9. The second-order valence-electron chi connectivity index (χ2n) is 10.2. The van der Waals surface area contributed by atoms with Crippen LogP contribution in [0.3, 0.4) is 0 Å². The van der Waals surface area contributed by atoms with Crippen LogP contribution in [0.2, 0.25) is 0 Å². The third-order valence-corrected chi connectivity index (χ3v) is 7.11. The van der Waals surface area contributed by atoms with Crippen LogP contribution in [0.4, 0.5) is 0 Å². The molecule has 2 fully saturated rings. The lowest BCUT2D eigenvalue weighted by Gasteiger charge is -2.35. The highest BCUT2D eigenvalue weighted by atomic mass is 16.5. The molecule has 182 valence electrons. The summed E-state index contributed by atoms with van der Waals surface area (Å²) in [7, 11) is 0. The van der Waals surface area contributed by atoms with Gasteiger partial charge in [-0.1, -0.05) is 19.9 Å². The van der Waals surface area contributed by atoms with E-state index < -0.39 is 0 Å². The molecule has 2 aliphatic rings. The van der Waals surface area contributed by atoms with Gasteiger partial charge in [0.1, 0.15) is 11.4 Å². The minimum atomic E-state index is -0.383. The molecule has 1 aromatic heterocycles. The number of nitrogens with two attached hydrogens (primary N) is 1. The Morgan fingerprint density at radius 2 is 1.79 bits per heavy atom. The van der Waals surface area contributed by atoms with Gasteiger partial charge in [0.05, 0.1) is 18.2 Å². The smallest absolute Gasteiger partial charge is 0.265 e. The molecule has 1 unspecified atom stereocenters. The second-order valence-corrected chi connectivity index (χ2v) is 10.2. The van der Waals surface area contributed by atoms with Crippen LogP contribution in [0.15, 0.2) is 24.3 Å². The van der Waals surface area contributed by atoms with Crippen LogP contribution in [-0.4, -0.2) is 77.4 Å². The highest BCUT2D eigenvalue weighted by Gasteiger charge is 2.26. The topological polar surface area (TPSA) is 84.0 Å². The van der Waals surface area contributed by atoms with Crippen molar-refractivity contribution in [2.24, 2.45) is 11.7 Å². The lowest BCUT2D eigenvalue weighted by atomic mass is 10.0. The van der Waals surface area contributed by atoms with Gasteiger partial charge >= 0.3 is 0 Å². The van der Waals surface area contributed by atoms with Gasteiger partial charge in [-0.05, 0) is 62.8 Å². The van der Waals surface area contributed by atoms with E-state index in [-0.39, 0.29) is 18.1 Å². The first-order valence-electron chi connectivity index (χ1n) is 12.6. The lowest BCUT2D eigenvalue weighted by Crippen LogP contribution is -2.40. The van der Waals surface area contributed by atoms with Crippen LogP contribution >= 0.6 is 0 Å². The summed E-state index contributed by atoms with van der Waals surface area (Å²) >= 11 is 0. The Balaban J connectivity index is 1.42. The Kier molecular flexibility index (Phi) is 7.94. The molecule has 1 amide bonds. The molecule has 7 nitrogen and oxygen atoms in total. The first-order valence-corrected chi connectivity index (χ1v) is 12.6. The number of rotatable bonds is 8. The van der Waals surface area contributed by atoms with Crippen LogP contribution in [0.5, 0.6) is 5.75 Å². The van der Waals surface area contributed by atoms with Gasteiger partial charge in [0.25, 0.3) is 5.91 Å². The number of amides is 1. The molecule has 4 rings (SSSR count). The van der Waals surface area contributed by atoms with Gasteiger partial charge in [-0.15, -0.1) is 0 Å². The van der Waals surface area contributed by atoms with Crippen molar-refractivity contribution >= 4 is 16.8 Å². The highest BCUT2D eigenvalue weighted by molar-refractivity contribution is 5.99. The minimum Gasteiger partial charge on any atom is -0.493 e. The monoisotopic (exact) mass is 456 g/mol.